The zero-order valence-electron chi connectivity index (χ0n) is 6.72. The van der Waals surface area contributed by atoms with Crippen LogP contribution in [0.5, 0.6) is 0 Å². The number of hydrogen-bond acceptors (Lipinski definition) is 2. The molecule has 0 N–H and O–H groups in total. The van der Waals surface area contributed by atoms with Gasteiger partial charge >= 0.3 is 0 Å². The largest absolute Gasteiger partial charge is 0.785 e. The highest BCUT2D eigenvalue weighted by Crippen LogP contribution is 2.07. The van der Waals surface area contributed by atoms with Gasteiger partial charge in [-0.15, -0.1) is 0 Å². The van der Waals surface area contributed by atoms with Crippen molar-refractivity contribution in [1.29, 1.82) is 0 Å². The highest BCUT2D eigenvalue weighted by atomic mass is 16.5. The van der Waals surface area contributed by atoms with Crippen molar-refractivity contribution in [2.24, 2.45) is 5.92 Å². The molecule has 2 nitrogen and oxygen atoms in total. The summed E-state index contributed by atoms with van der Waals surface area (Å²) in [7, 11) is 0. The summed E-state index contributed by atoms with van der Waals surface area (Å²) in [6, 6.07) is 0.162. The molecule has 0 spiro atoms. The summed E-state index contributed by atoms with van der Waals surface area (Å²) in [4.78, 5) is 0. The van der Waals surface area contributed by atoms with Gasteiger partial charge in [-0.2, -0.15) is 0 Å². The van der Waals surface area contributed by atoms with E-state index in [2.05, 4.69) is 13.8 Å². The van der Waals surface area contributed by atoms with Crippen molar-refractivity contribution in [3.05, 3.63) is 5.21 Å². The van der Waals surface area contributed by atoms with Gasteiger partial charge in [0, 0.05) is 0 Å². The van der Waals surface area contributed by atoms with Crippen molar-refractivity contribution in [2.45, 2.75) is 33.7 Å². The molecular formula is C7H16NO-. The molecule has 0 aromatic carbocycles. The third kappa shape index (κ3) is 2.82. The standard InChI is InChI=1S/C7H16NO/c1-5-8(9)7(4)6(2)3/h6-7H,5H2,1-4H3/q-1. The van der Waals surface area contributed by atoms with Crippen molar-refractivity contribution in [1.82, 2.24) is 5.06 Å². The second-order valence-electron chi connectivity index (χ2n) is 2.72. The van der Waals surface area contributed by atoms with Crippen molar-refractivity contribution >= 4 is 0 Å². The van der Waals surface area contributed by atoms with Gasteiger partial charge in [-0.1, -0.05) is 27.7 Å². The van der Waals surface area contributed by atoms with Crippen molar-refractivity contribution < 1.29 is 0 Å². The van der Waals surface area contributed by atoms with Crippen LogP contribution < -0.4 is 0 Å². The van der Waals surface area contributed by atoms with Crippen molar-refractivity contribution in [3.8, 4) is 0 Å². The minimum Gasteiger partial charge on any atom is -0.785 e. The Morgan fingerprint density at radius 1 is 1.33 bits per heavy atom. The third-order valence-electron chi connectivity index (χ3n) is 1.73. The Hall–Kier alpha value is -0.0800. The van der Waals surface area contributed by atoms with Crippen LogP contribution >= 0.6 is 0 Å². The highest BCUT2D eigenvalue weighted by Gasteiger charge is 2.05. The summed E-state index contributed by atoms with van der Waals surface area (Å²) in [5.74, 6) is 0.461. The molecule has 0 saturated carbocycles. The van der Waals surface area contributed by atoms with Crippen LogP contribution in [0.3, 0.4) is 0 Å². The Morgan fingerprint density at radius 2 is 1.78 bits per heavy atom. The molecule has 0 aromatic heterocycles. The molecule has 0 fully saturated rings. The van der Waals surface area contributed by atoms with E-state index in [-0.39, 0.29) is 6.04 Å². The summed E-state index contributed by atoms with van der Waals surface area (Å²) < 4.78 is 0. The Balaban J connectivity index is 3.58. The minimum atomic E-state index is 0.162. The maximum absolute atomic E-state index is 10.9. The summed E-state index contributed by atoms with van der Waals surface area (Å²) in [5, 5.41) is 12.0. The number of rotatable bonds is 3. The number of nitrogens with zero attached hydrogens (tertiary/aromatic N) is 1. The Kier molecular flexibility index (Phi) is 3.82. The predicted octanol–water partition coefficient (Wildman–Crippen LogP) is 1.85. The van der Waals surface area contributed by atoms with E-state index in [1.165, 1.54) is 0 Å². The van der Waals surface area contributed by atoms with E-state index in [0.717, 1.165) is 5.06 Å². The van der Waals surface area contributed by atoms with Gasteiger partial charge in [-0.05, 0) is 18.5 Å². The highest BCUT2D eigenvalue weighted by molar-refractivity contribution is 4.68. The summed E-state index contributed by atoms with van der Waals surface area (Å²) in [5.41, 5.74) is 0. The van der Waals surface area contributed by atoms with Gasteiger partial charge in [0.05, 0.1) is 0 Å². The lowest BCUT2D eigenvalue weighted by molar-refractivity contribution is 0.248. The second kappa shape index (κ2) is 3.85. The van der Waals surface area contributed by atoms with Crippen molar-refractivity contribution in [2.75, 3.05) is 6.54 Å². The molecule has 1 unspecified atom stereocenters. The van der Waals surface area contributed by atoms with E-state index in [1.807, 2.05) is 13.8 Å². The normalized spacial score (nSPS) is 15.0. The molecule has 0 radical (unpaired) electrons. The molecule has 0 aliphatic heterocycles. The smallest absolute Gasteiger partial charge is 0.00316 e. The van der Waals surface area contributed by atoms with Gasteiger partial charge in [0.1, 0.15) is 0 Å². The van der Waals surface area contributed by atoms with E-state index in [1.54, 1.807) is 0 Å². The van der Waals surface area contributed by atoms with E-state index in [4.69, 9.17) is 0 Å². The first kappa shape index (κ1) is 8.92. The molecule has 56 valence electrons. The molecule has 0 rings (SSSR count). The predicted molar refractivity (Wildman–Crippen MR) is 40.0 cm³/mol. The quantitative estimate of drug-likeness (QED) is 0.545. The van der Waals surface area contributed by atoms with Crippen LogP contribution in [0.15, 0.2) is 0 Å². The molecule has 0 aliphatic carbocycles. The van der Waals surface area contributed by atoms with Crippen LogP contribution in [0.1, 0.15) is 27.7 Å². The van der Waals surface area contributed by atoms with Gasteiger partial charge in [0.2, 0.25) is 0 Å². The van der Waals surface area contributed by atoms with Gasteiger partial charge in [0.25, 0.3) is 0 Å². The fourth-order valence-corrected chi connectivity index (χ4v) is 0.621. The maximum atomic E-state index is 10.9. The molecule has 0 heterocycles. The zero-order valence-corrected chi connectivity index (χ0v) is 6.72. The SMILES string of the molecule is CCN([O-])C(C)C(C)C. The van der Waals surface area contributed by atoms with E-state index in [9.17, 15) is 5.21 Å². The molecule has 0 aliphatic rings. The fraction of sp³-hybridized carbons (Fsp3) is 1.00. The number of hydrogen-bond donors (Lipinski definition) is 0. The van der Waals surface area contributed by atoms with Gasteiger partial charge in [0.15, 0.2) is 0 Å². The molecule has 1 atom stereocenters. The van der Waals surface area contributed by atoms with Gasteiger partial charge in [-0.3, -0.25) is 0 Å². The van der Waals surface area contributed by atoms with Gasteiger partial charge < -0.3 is 10.3 Å². The van der Waals surface area contributed by atoms with Crippen LogP contribution in [-0.4, -0.2) is 17.6 Å². The molecular weight excluding hydrogens is 114 g/mol. The number of hydroxylamine groups is 2. The first-order valence-electron chi connectivity index (χ1n) is 3.53. The fourth-order valence-electron chi connectivity index (χ4n) is 0.621. The lowest BCUT2D eigenvalue weighted by Crippen LogP contribution is -2.31. The second-order valence-corrected chi connectivity index (χ2v) is 2.72. The van der Waals surface area contributed by atoms with Crippen LogP contribution in [0.2, 0.25) is 0 Å². The van der Waals surface area contributed by atoms with E-state index >= 15 is 0 Å². The Labute approximate surface area is 57.4 Å². The van der Waals surface area contributed by atoms with Crippen LogP contribution in [0, 0.1) is 11.1 Å². The third-order valence-corrected chi connectivity index (χ3v) is 1.73. The van der Waals surface area contributed by atoms with E-state index in [0.29, 0.717) is 12.5 Å². The monoisotopic (exact) mass is 130 g/mol. The Bertz CT molecular complexity index is 73.3. The average molecular weight is 130 g/mol. The molecule has 0 amide bonds. The summed E-state index contributed by atoms with van der Waals surface area (Å²) in [6.07, 6.45) is 0. The Morgan fingerprint density at radius 3 is 1.89 bits per heavy atom. The van der Waals surface area contributed by atoms with Crippen LogP contribution in [-0.2, 0) is 0 Å². The van der Waals surface area contributed by atoms with Crippen molar-refractivity contribution in [3.63, 3.8) is 0 Å². The van der Waals surface area contributed by atoms with Crippen LogP contribution in [0.4, 0.5) is 0 Å². The molecule has 2 heteroatoms. The molecule has 0 aromatic rings. The van der Waals surface area contributed by atoms with E-state index < -0.39 is 0 Å². The average Bonchev–Trinajstić information content (AvgIpc) is 1.84. The molecule has 9 heavy (non-hydrogen) atoms. The first-order valence-corrected chi connectivity index (χ1v) is 3.53. The topological polar surface area (TPSA) is 26.3 Å². The van der Waals surface area contributed by atoms with Gasteiger partial charge in [-0.25, -0.2) is 0 Å². The molecule has 0 bridgehead atoms. The molecule has 0 saturated heterocycles. The lowest BCUT2D eigenvalue weighted by Gasteiger charge is -2.36. The minimum absolute atomic E-state index is 0.162. The summed E-state index contributed by atoms with van der Waals surface area (Å²) >= 11 is 0. The maximum Gasteiger partial charge on any atom is -0.00316 e. The lowest BCUT2D eigenvalue weighted by atomic mass is 10.1. The van der Waals surface area contributed by atoms with Crippen LogP contribution in [0.25, 0.3) is 0 Å². The summed E-state index contributed by atoms with van der Waals surface area (Å²) in [6.45, 7) is 8.56. The first-order chi connectivity index (χ1) is 4.09. The zero-order chi connectivity index (χ0) is 7.44.